The molecule has 0 aliphatic rings. The second kappa shape index (κ2) is 6.95. The van der Waals surface area contributed by atoms with Crippen molar-refractivity contribution < 1.29 is 14.3 Å². The van der Waals surface area contributed by atoms with Crippen LogP contribution in [0, 0.1) is 6.92 Å². The highest BCUT2D eigenvalue weighted by Gasteiger charge is 2.19. The van der Waals surface area contributed by atoms with Crippen molar-refractivity contribution >= 4 is 35.3 Å². The highest BCUT2D eigenvalue weighted by molar-refractivity contribution is 6.36. The van der Waals surface area contributed by atoms with E-state index in [1.807, 2.05) is 0 Å². The van der Waals surface area contributed by atoms with Crippen LogP contribution in [0.3, 0.4) is 0 Å². The molecule has 6 nitrogen and oxygen atoms in total. The summed E-state index contributed by atoms with van der Waals surface area (Å²) in [5.74, 6) is -0.949. The van der Waals surface area contributed by atoms with Gasteiger partial charge in [0.15, 0.2) is 0 Å². The van der Waals surface area contributed by atoms with E-state index in [4.69, 9.17) is 34.7 Å². The highest BCUT2D eigenvalue weighted by Crippen LogP contribution is 2.33. The molecule has 120 valence electrons. The third-order valence-electron chi connectivity index (χ3n) is 3.16. The number of esters is 1. The van der Waals surface area contributed by atoms with E-state index in [1.165, 1.54) is 6.07 Å². The topological polar surface area (TPSA) is 108 Å². The Labute approximate surface area is 142 Å². The number of aryl methyl sites for hydroxylation is 1. The van der Waals surface area contributed by atoms with Gasteiger partial charge in [-0.15, -0.1) is 0 Å². The number of halogens is 2. The first-order valence-corrected chi connectivity index (χ1v) is 7.26. The van der Waals surface area contributed by atoms with E-state index in [9.17, 15) is 9.59 Å². The standard InChI is InChI=1S/C15H13Cl2N3O3/c1-7-11(6-18)10(9-3-2-8(16)4-12(9)17)5-13(20-7)14(21)23-15(19)22/h2-5H,6,18H2,1H3,(H2,19,22). The largest absolute Gasteiger partial charge is 0.412 e. The van der Waals surface area contributed by atoms with Gasteiger partial charge in [0, 0.05) is 27.8 Å². The van der Waals surface area contributed by atoms with E-state index in [0.717, 1.165) is 0 Å². The van der Waals surface area contributed by atoms with E-state index < -0.39 is 12.1 Å². The molecule has 2 aromatic rings. The molecule has 1 amide bonds. The molecule has 0 spiro atoms. The molecule has 0 fully saturated rings. The molecule has 0 unspecified atom stereocenters. The smallest absolute Gasteiger partial charge is 0.372 e. The maximum absolute atomic E-state index is 11.9. The van der Waals surface area contributed by atoms with Crippen LogP contribution in [-0.4, -0.2) is 17.0 Å². The van der Waals surface area contributed by atoms with Crippen LogP contribution in [0.4, 0.5) is 4.79 Å². The lowest BCUT2D eigenvalue weighted by Gasteiger charge is -2.14. The molecule has 1 heterocycles. The van der Waals surface area contributed by atoms with Crippen LogP contribution < -0.4 is 11.5 Å². The van der Waals surface area contributed by atoms with Crippen molar-refractivity contribution in [1.29, 1.82) is 0 Å². The zero-order valence-corrected chi connectivity index (χ0v) is 13.6. The number of hydrogen-bond acceptors (Lipinski definition) is 5. The predicted octanol–water partition coefficient (Wildman–Crippen LogP) is 3.06. The maximum atomic E-state index is 11.9. The predicted molar refractivity (Wildman–Crippen MR) is 87.3 cm³/mol. The minimum absolute atomic E-state index is 0.0699. The quantitative estimate of drug-likeness (QED) is 0.650. The first-order chi connectivity index (χ1) is 10.8. The van der Waals surface area contributed by atoms with Gasteiger partial charge in [-0.05, 0) is 36.2 Å². The van der Waals surface area contributed by atoms with Crippen LogP contribution in [0.2, 0.25) is 10.0 Å². The Balaban J connectivity index is 2.63. The average Bonchev–Trinajstić information content (AvgIpc) is 2.45. The number of nitrogens with zero attached hydrogens (tertiary/aromatic N) is 1. The van der Waals surface area contributed by atoms with Gasteiger partial charge >= 0.3 is 12.1 Å². The number of aromatic nitrogens is 1. The summed E-state index contributed by atoms with van der Waals surface area (Å²) >= 11 is 12.1. The summed E-state index contributed by atoms with van der Waals surface area (Å²) in [6.07, 6.45) is -1.21. The number of ether oxygens (including phenoxy) is 1. The summed E-state index contributed by atoms with van der Waals surface area (Å²) in [4.78, 5) is 26.7. The SMILES string of the molecule is Cc1nc(C(=O)OC(N)=O)cc(-c2ccc(Cl)cc2Cl)c1CN. The van der Waals surface area contributed by atoms with Gasteiger partial charge in [-0.1, -0.05) is 29.3 Å². The molecule has 2 rings (SSSR count). The number of hydrogen-bond donors (Lipinski definition) is 2. The number of amides is 1. The molecule has 0 saturated heterocycles. The summed E-state index contributed by atoms with van der Waals surface area (Å²) in [7, 11) is 0. The van der Waals surface area contributed by atoms with Gasteiger partial charge in [0.1, 0.15) is 5.69 Å². The molecule has 0 bridgehead atoms. The highest BCUT2D eigenvalue weighted by atomic mass is 35.5. The van der Waals surface area contributed by atoms with Gasteiger partial charge in [0.25, 0.3) is 0 Å². The molecule has 0 radical (unpaired) electrons. The zero-order chi connectivity index (χ0) is 17.1. The minimum atomic E-state index is -1.21. The van der Waals surface area contributed by atoms with Crippen LogP contribution in [0.25, 0.3) is 11.1 Å². The van der Waals surface area contributed by atoms with Gasteiger partial charge in [0.2, 0.25) is 0 Å². The number of nitrogens with two attached hydrogens (primary N) is 2. The van der Waals surface area contributed by atoms with Crippen molar-refractivity contribution in [3.05, 3.63) is 51.3 Å². The summed E-state index contributed by atoms with van der Waals surface area (Å²) in [6.45, 7) is 1.88. The van der Waals surface area contributed by atoms with Gasteiger partial charge in [0.05, 0.1) is 0 Å². The van der Waals surface area contributed by atoms with Gasteiger partial charge < -0.3 is 16.2 Å². The molecule has 0 saturated carbocycles. The average molecular weight is 354 g/mol. The Kier molecular flexibility index (Phi) is 5.20. The van der Waals surface area contributed by atoms with Gasteiger partial charge in [-0.25, -0.2) is 14.6 Å². The molecule has 1 aromatic carbocycles. The molecular formula is C15H13Cl2N3O3. The van der Waals surface area contributed by atoms with Crippen molar-refractivity contribution in [2.24, 2.45) is 11.5 Å². The van der Waals surface area contributed by atoms with E-state index in [-0.39, 0.29) is 12.2 Å². The fourth-order valence-electron chi connectivity index (χ4n) is 2.15. The van der Waals surface area contributed by atoms with Crippen molar-refractivity contribution in [2.75, 3.05) is 0 Å². The molecule has 8 heteroatoms. The van der Waals surface area contributed by atoms with Crippen molar-refractivity contribution in [3.63, 3.8) is 0 Å². The second-order valence-corrected chi connectivity index (χ2v) is 5.50. The third kappa shape index (κ3) is 3.79. The van der Waals surface area contributed by atoms with Crippen LogP contribution >= 0.6 is 23.2 Å². The zero-order valence-electron chi connectivity index (χ0n) is 12.1. The molecule has 0 aliphatic carbocycles. The Bertz CT molecular complexity index is 794. The van der Waals surface area contributed by atoms with E-state index >= 15 is 0 Å². The summed E-state index contributed by atoms with van der Waals surface area (Å²) < 4.78 is 4.36. The lowest BCUT2D eigenvalue weighted by molar-refractivity contribution is 0.0632. The molecule has 4 N–H and O–H groups in total. The normalized spacial score (nSPS) is 10.4. The monoisotopic (exact) mass is 353 g/mol. The number of carbonyl (C=O) groups excluding carboxylic acids is 2. The number of primary amides is 1. The lowest BCUT2D eigenvalue weighted by Crippen LogP contribution is -2.20. The van der Waals surface area contributed by atoms with Gasteiger partial charge in [-0.2, -0.15) is 0 Å². The van der Waals surface area contributed by atoms with Crippen LogP contribution in [-0.2, 0) is 11.3 Å². The maximum Gasteiger partial charge on any atom is 0.412 e. The first-order valence-electron chi connectivity index (χ1n) is 6.51. The Hall–Kier alpha value is -2.15. The van der Waals surface area contributed by atoms with Crippen molar-refractivity contribution in [2.45, 2.75) is 13.5 Å². The van der Waals surface area contributed by atoms with E-state index in [2.05, 4.69) is 9.72 Å². The van der Waals surface area contributed by atoms with E-state index in [0.29, 0.717) is 32.4 Å². The van der Waals surface area contributed by atoms with Crippen LogP contribution in [0.1, 0.15) is 21.7 Å². The first kappa shape index (κ1) is 17.2. The van der Waals surface area contributed by atoms with Crippen LogP contribution in [0.15, 0.2) is 24.3 Å². The Morgan fingerprint density at radius 2 is 1.91 bits per heavy atom. The second-order valence-electron chi connectivity index (χ2n) is 4.66. The Morgan fingerprint density at radius 1 is 1.22 bits per heavy atom. The molecule has 1 aromatic heterocycles. The summed E-state index contributed by atoms with van der Waals surface area (Å²) in [5, 5.41) is 0.874. The molecule has 0 aliphatic heterocycles. The molecule has 0 atom stereocenters. The third-order valence-corrected chi connectivity index (χ3v) is 3.71. The Morgan fingerprint density at radius 3 is 2.48 bits per heavy atom. The van der Waals surface area contributed by atoms with Gasteiger partial charge in [-0.3, -0.25) is 0 Å². The molecule has 23 heavy (non-hydrogen) atoms. The number of rotatable bonds is 3. The van der Waals surface area contributed by atoms with Crippen LogP contribution in [0.5, 0.6) is 0 Å². The lowest BCUT2D eigenvalue weighted by atomic mass is 9.98. The van der Waals surface area contributed by atoms with Crippen molar-refractivity contribution in [3.8, 4) is 11.1 Å². The molecular weight excluding hydrogens is 341 g/mol. The fourth-order valence-corrected chi connectivity index (χ4v) is 2.66. The summed E-state index contributed by atoms with van der Waals surface area (Å²) in [5.41, 5.74) is 13.0. The van der Waals surface area contributed by atoms with E-state index in [1.54, 1.807) is 25.1 Å². The number of benzene rings is 1. The fraction of sp³-hybridized carbons (Fsp3) is 0.133. The number of pyridine rings is 1. The summed E-state index contributed by atoms with van der Waals surface area (Å²) in [6, 6.07) is 6.41. The number of carbonyl (C=O) groups is 2. The van der Waals surface area contributed by atoms with Crippen molar-refractivity contribution in [1.82, 2.24) is 4.98 Å². The minimum Gasteiger partial charge on any atom is -0.372 e.